The van der Waals surface area contributed by atoms with E-state index < -0.39 is 18.4 Å². The lowest BCUT2D eigenvalue weighted by molar-refractivity contribution is -0.137. The molecule has 2 aromatic rings. The Bertz CT molecular complexity index is 738. The summed E-state index contributed by atoms with van der Waals surface area (Å²) >= 11 is 0. The fraction of sp³-hybridized carbons (Fsp3) is 0.267. The molecule has 2 amide bonds. The van der Waals surface area contributed by atoms with E-state index in [0.29, 0.717) is 0 Å². The van der Waals surface area contributed by atoms with Gasteiger partial charge in [0.15, 0.2) is 0 Å². The van der Waals surface area contributed by atoms with Crippen molar-refractivity contribution < 1.29 is 24.2 Å². The zero-order chi connectivity index (χ0) is 16.8. The molecule has 1 aromatic carbocycles. The third-order valence-corrected chi connectivity index (χ3v) is 3.18. The fourth-order valence-electron chi connectivity index (χ4n) is 2.07. The molecule has 2 rings (SSSR count). The molecule has 0 saturated heterocycles. The summed E-state index contributed by atoms with van der Waals surface area (Å²) in [7, 11) is 1.58. The van der Waals surface area contributed by atoms with Crippen LogP contribution in [0.25, 0.3) is 10.9 Å². The molecule has 8 heteroatoms. The molecule has 0 fully saturated rings. The van der Waals surface area contributed by atoms with Gasteiger partial charge in [-0.15, -0.1) is 0 Å². The number of hydrogen-bond donors (Lipinski definition) is 3. The summed E-state index contributed by atoms with van der Waals surface area (Å²) in [5.41, 5.74) is 0.872. The third kappa shape index (κ3) is 4.47. The number of hydrogen-bond acceptors (Lipinski definition) is 4. The topological polar surface area (TPSA) is 110 Å². The summed E-state index contributed by atoms with van der Waals surface area (Å²) < 4.78 is 6.89. The highest BCUT2D eigenvalue weighted by Crippen LogP contribution is 2.21. The second kappa shape index (κ2) is 7.30. The van der Waals surface area contributed by atoms with Gasteiger partial charge in [-0.2, -0.15) is 0 Å². The summed E-state index contributed by atoms with van der Waals surface area (Å²) in [5.74, 6) is -1.31. The van der Waals surface area contributed by atoms with Crippen molar-refractivity contribution in [2.75, 3.05) is 20.2 Å². The molecule has 23 heavy (non-hydrogen) atoms. The van der Waals surface area contributed by atoms with Crippen LogP contribution in [0.5, 0.6) is 5.75 Å². The van der Waals surface area contributed by atoms with Gasteiger partial charge in [0.1, 0.15) is 18.8 Å². The minimum absolute atomic E-state index is 0.0576. The number of methoxy groups -OCH3 is 1. The van der Waals surface area contributed by atoms with Crippen LogP contribution in [-0.2, 0) is 20.9 Å². The van der Waals surface area contributed by atoms with E-state index in [0.717, 1.165) is 16.7 Å². The molecule has 0 aliphatic rings. The van der Waals surface area contributed by atoms with Crippen LogP contribution in [0.4, 0.5) is 0 Å². The number of aliphatic carboxylic acids is 1. The van der Waals surface area contributed by atoms with Crippen LogP contribution in [0.2, 0.25) is 0 Å². The maximum absolute atomic E-state index is 11.9. The molecular formula is C15H17N3O5. The van der Waals surface area contributed by atoms with E-state index in [2.05, 4.69) is 10.6 Å². The number of carbonyl (C=O) groups excluding carboxylic acids is 2. The average molecular weight is 319 g/mol. The second-order valence-electron chi connectivity index (χ2n) is 4.82. The average Bonchev–Trinajstić information content (AvgIpc) is 2.93. The van der Waals surface area contributed by atoms with E-state index in [1.54, 1.807) is 23.9 Å². The zero-order valence-corrected chi connectivity index (χ0v) is 12.5. The van der Waals surface area contributed by atoms with Crippen molar-refractivity contribution in [3.63, 3.8) is 0 Å². The number of carbonyl (C=O) groups is 3. The van der Waals surface area contributed by atoms with Crippen molar-refractivity contribution in [1.82, 2.24) is 15.2 Å². The van der Waals surface area contributed by atoms with Gasteiger partial charge in [-0.3, -0.25) is 14.4 Å². The SMILES string of the molecule is COc1ccc2c(ccn2CC(=O)NCC(=O)NCC(=O)O)c1. The molecule has 1 aromatic heterocycles. The van der Waals surface area contributed by atoms with Crippen molar-refractivity contribution in [3.8, 4) is 5.75 Å². The number of nitrogens with one attached hydrogen (secondary N) is 2. The minimum atomic E-state index is -1.14. The van der Waals surface area contributed by atoms with E-state index in [-0.39, 0.29) is 19.0 Å². The first-order chi connectivity index (χ1) is 11.0. The molecule has 3 N–H and O–H groups in total. The van der Waals surface area contributed by atoms with Crippen molar-refractivity contribution in [3.05, 3.63) is 30.5 Å². The number of fused-ring (bicyclic) bond motifs is 1. The molecule has 0 saturated carbocycles. The van der Waals surface area contributed by atoms with Crippen LogP contribution in [0.15, 0.2) is 30.5 Å². The molecule has 0 spiro atoms. The van der Waals surface area contributed by atoms with E-state index in [1.165, 1.54) is 0 Å². The zero-order valence-electron chi connectivity index (χ0n) is 12.5. The highest BCUT2D eigenvalue weighted by atomic mass is 16.5. The largest absolute Gasteiger partial charge is 0.497 e. The molecule has 0 atom stereocenters. The smallest absolute Gasteiger partial charge is 0.322 e. The first kappa shape index (κ1) is 16.3. The van der Waals surface area contributed by atoms with Gasteiger partial charge >= 0.3 is 5.97 Å². The van der Waals surface area contributed by atoms with Gasteiger partial charge in [0, 0.05) is 17.1 Å². The molecule has 8 nitrogen and oxygen atoms in total. The molecule has 0 aliphatic heterocycles. The molecule has 1 heterocycles. The first-order valence-corrected chi connectivity index (χ1v) is 6.87. The van der Waals surface area contributed by atoms with Gasteiger partial charge in [-0.25, -0.2) is 0 Å². The summed E-state index contributed by atoms with van der Waals surface area (Å²) in [4.78, 5) is 33.5. The Morgan fingerprint density at radius 1 is 1.13 bits per heavy atom. The summed E-state index contributed by atoms with van der Waals surface area (Å²) in [6.07, 6.45) is 1.77. The number of nitrogens with zero attached hydrogens (tertiary/aromatic N) is 1. The van der Waals surface area contributed by atoms with Crippen LogP contribution >= 0.6 is 0 Å². The normalized spacial score (nSPS) is 10.3. The number of carboxylic acid groups (broad SMARTS) is 1. The van der Waals surface area contributed by atoms with Crippen LogP contribution < -0.4 is 15.4 Å². The first-order valence-electron chi connectivity index (χ1n) is 6.87. The fourth-order valence-corrected chi connectivity index (χ4v) is 2.07. The third-order valence-electron chi connectivity index (χ3n) is 3.18. The molecule has 122 valence electrons. The summed E-state index contributed by atoms with van der Waals surface area (Å²) in [6.45, 7) is -0.681. The maximum atomic E-state index is 11.9. The highest BCUT2D eigenvalue weighted by molar-refractivity contribution is 5.88. The second-order valence-corrected chi connectivity index (χ2v) is 4.82. The lowest BCUT2D eigenvalue weighted by Gasteiger charge is -2.08. The van der Waals surface area contributed by atoms with Crippen molar-refractivity contribution in [2.45, 2.75) is 6.54 Å². The number of benzene rings is 1. The standard InChI is InChI=1S/C15H17N3O5/c1-23-11-2-3-12-10(6-11)4-5-18(12)9-14(20)16-7-13(19)17-8-15(21)22/h2-6H,7-9H2,1H3,(H,16,20)(H,17,19)(H,21,22). The van der Waals surface area contributed by atoms with E-state index in [1.807, 2.05) is 18.2 Å². The van der Waals surface area contributed by atoms with Crippen LogP contribution in [0.1, 0.15) is 0 Å². The summed E-state index contributed by atoms with van der Waals surface area (Å²) in [5, 5.41) is 14.0. The number of rotatable bonds is 7. The van der Waals surface area contributed by atoms with Crippen LogP contribution in [-0.4, -0.2) is 47.7 Å². The van der Waals surface area contributed by atoms with Gasteiger partial charge in [-0.05, 0) is 24.3 Å². The number of aromatic nitrogens is 1. The van der Waals surface area contributed by atoms with E-state index in [9.17, 15) is 14.4 Å². The Labute approximate surface area is 132 Å². The molecule has 0 aliphatic carbocycles. The maximum Gasteiger partial charge on any atom is 0.322 e. The summed E-state index contributed by atoms with van der Waals surface area (Å²) in [6, 6.07) is 7.38. The number of amides is 2. The van der Waals surface area contributed by atoms with Gasteiger partial charge in [0.2, 0.25) is 11.8 Å². The van der Waals surface area contributed by atoms with Gasteiger partial charge in [-0.1, -0.05) is 0 Å². The Kier molecular flexibility index (Phi) is 5.19. The Morgan fingerprint density at radius 3 is 2.57 bits per heavy atom. The van der Waals surface area contributed by atoms with E-state index >= 15 is 0 Å². The van der Waals surface area contributed by atoms with Crippen LogP contribution in [0, 0.1) is 0 Å². The Morgan fingerprint density at radius 2 is 1.87 bits per heavy atom. The lowest BCUT2D eigenvalue weighted by Crippen LogP contribution is -2.40. The predicted octanol–water partition coefficient (Wildman–Crippen LogP) is -0.0331. The van der Waals surface area contributed by atoms with Crippen molar-refractivity contribution in [1.29, 1.82) is 0 Å². The van der Waals surface area contributed by atoms with Gasteiger partial charge in [0.05, 0.1) is 13.7 Å². The minimum Gasteiger partial charge on any atom is -0.497 e. The van der Waals surface area contributed by atoms with Crippen molar-refractivity contribution in [2.24, 2.45) is 0 Å². The molecular weight excluding hydrogens is 302 g/mol. The monoisotopic (exact) mass is 319 g/mol. The number of ether oxygens (including phenoxy) is 1. The molecule has 0 radical (unpaired) electrons. The van der Waals surface area contributed by atoms with Gasteiger partial charge < -0.3 is 25.0 Å². The number of carboxylic acids is 1. The lowest BCUT2D eigenvalue weighted by atomic mass is 10.2. The van der Waals surface area contributed by atoms with Crippen LogP contribution in [0.3, 0.4) is 0 Å². The van der Waals surface area contributed by atoms with Crippen molar-refractivity contribution >= 4 is 28.7 Å². The molecule has 0 bridgehead atoms. The Balaban J connectivity index is 1.90. The highest BCUT2D eigenvalue weighted by Gasteiger charge is 2.09. The van der Waals surface area contributed by atoms with E-state index in [4.69, 9.17) is 9.84 Å². The molecule has 0 unspecified atom stereocenters. The quantitative estimate of drug-likeness (QED) is 0.664. The Hall–Kier alpha value is -3.03. The predicted molar refractivity (Wildman–Crippen MR) is 82.1 cm³/mol. The van der Waals surface area contributed by atoms with Gasteiger partial charge in [0.25, 0.3) is 0 Å².